The van der Waals surface area contributed by atoms with Crippen molar-refractivity contribution in [2.24, 2.45) is 0 Å². The van der Waals surface area contributed by atoms with E-state index in [2.05, 4.69) is 0 Å². The van der Waals surface area contributed by atoms with Crippen molar-refractivity contribution in [2.45, 2.75) is 26.2 Å². The summed E-state index contributed by atoms with van der Waals surface area (Å²) in [5.74, 6) is -1.27. The van der Waals surface area contributed by atoms with Crippen LogP contribution in [0.5, 0.6) is 5.75 Å². The Balaban J connectivity index is 0.00000220. The molecule has 0 atom stereocenters. The summed E-state index contributed by atoms with van der Waals surface area (Å²) < 4.78 is 0. The molecule has 0 radical (unpaired) electrons. The maximum atomic E-state index is 11.2. The van der Waals surface area contributed by atoms with Gasteiger partial charge in [-0.25, -0.2) is 4.79 Å². The van der Waals surface area contributed by atoms with Crippen molar-refractivity contribution in [1.82, 2.24) is 0 Å². The minimum Gasteiger partial charge on any atom is -0.507 e. The Labute approximate surface area is 137 Å². The van der Waals surface area contributed by atoms with E-state index >= 15 is 0 Å². The summed E-state index contributed by atoms with van der Waals surface area (Å²) in [6.07, 6.45) is 0. The summed E-state index contributed by atoms with van der Waals surface area (Å²) in [6, 6.07) is 13.1. The third-order valence-electron chi connectivity index (χ3n) is 3.65. The molecule has 0 aromatic heterocycles. The fraction of sp³-hybridized carbons (Fsp3) is 0.235. The summed E-state index contributed by atoms with van der Waals surface area (Å²) in [5, 5.41) is 19.5. The minimum atomic E-state index is -1.11. The summed E-state index contributed by atoms with van der Waals surface area (Å²) in [7, 11) is 0. The van der Waals surface area contributed by atoms with E-state index in [-0.39, 0.29) is 30.8 Å². The van der Waals surface area contributed by atoms with Crippen LogP contribution in [0.1, 0.15) is 40.9 Å². The predicted molar refractivity (Wildman–Crippen MR) is 78.4 cm³/mol. The number of benzene rings is 2. The SMILES string of the molecule is Cc1cc(C(=O)O)c(O)c(C(C)(C)c2ccccc2)c1.[Zn]. The summed E-state index contributed by atoms with van der Waals surface area (Å²) in [5.41, 5.74) is 1.95. The first kappa shape index (κ1) is 17.4. The van der Waals surface area contributed by atoms with Crippen molar-refractivity contribution in [3.63, 3.8) is 0 Å². The second-order valence-corrected chi connectivity index (χ2v) is 5.50. The van der Waals surface area contributed by atoms with Crippen LogP contribution in [0, 0.1) is 6.92 Å². The zero-order valence-electron chi connectivity index (χ0n) is 12.6. The van der Waals surface area contributed by atoms with Gasteiger partial charge in [0, 0.05) is 30.5 Å². The van der Waals surface area contributed by atoms with Crippen LogP contribution < -0.4 is 0 Å². The van der Waals surface area contributed by atoms with Crippen molar-refractivity contribution in [3.8, 4) is 5.75 Å². The number of carboxylic acids is 1. The van der Waals surface area contributed by atoms with Crippen LogP contribution in [-0.2, 0) is 24.9 Å². The molecule has 3 nitrogen and oxygen atoms in total. The van der Waals surface area contributed by atoms with Crippen LogP contribution in [0.3, 0.4) is 0 Å². The van der Waals surface area contributed by atoms with Gasteiger partial charge in [-0.3, -0.25) is 0 Å². The Morgan fingerprint density at radius 1 is 1.10 bits per heavy atom. The maximum Gasteiger partial charge on any atom is 0.339 e. The number of rotatable bonds is 3. The monoisotopic (exact) mass is 334 g/mol. The van der Waals surface area contributed by atoms with Crippen molar-refractivity contribution in [3.05, 3.63) is 64.7 Å². The smallest absolute Gasteiger partial charge is 0.339 e. The number of carboxylic acid groups (broad SMARTS) is 1. The van der Waals surface area contributed by atoms with Gasteiger partial charge < -0.3 is 10.2 Å². The molecule has 2 aromatic carbocycles. The summed E-state index contributed by atoms with van der Waals surface area (Å²) >= 11 is 0. The zero-order valence-corrected chi connectivity index (χ0v) is 15.5. The largest absolute Gasteiger partial charge is 0.507 e. The van der Waals surface area contributed by atoms with E-state index in [0.29, 0.717) is 5.56 Å². The molecule has 0 bridgehead atoms. The molecule has 2 N–H and O–H groups in total. The van der Waals surface area contributed by atoms with Crippen LogP contribution in [0.25, 0.3) is 0 Å². The van der Waals surface area contributed by atoms with Crippen LogP contribution in [0.15, 0.2) is 42.5 Å². The molecule has 2 rings (SSSR count). The number of aromatic carboxylic acids is 1. The zero-order chi connectivity index (χ0) is 14.9. The molecule has 0 aliphatic rings. The van der Waals surface area contributed by atoms with Gasteiger partial charge in [-0.2, -0.15) is 0 Å². The molecule has 0 aliphatic carbocycles. The molecule has 0 spiro atoms. The van der Waals surface area contributed by atoms with Gasteiger partial charge in [-0.15, -0.1) is 0 Å². The molecule has 0 aliphatic heterocycles. The fourth-order valence-electron chi connectivity index (χ4n) is 2.43. The predicted octanol–water partition coefficient (Wildman–Crippen LogP) is 3.72. The van der Waals surface area contributed by atoms with Gasteiger partial charge in [0.1, 0.15) is 11.3 Å². The molecule has 21 heavy (non-hydrogen) atoms. The van der Waals surface area contributed by atoms with E-state index in [0.717, 1.165) is 11.1 Å². The molecular weight excluding hydrogens is 318 g/mol. The molecule has 0 saturated carbocycles. The van der Waals surface area contributed by atoms with Crippen molar-refractivity contribution in [1.29, 1.82) is 0 Å². The fourth-order valence-corrected chi connectivity index (χ4v) is 2.43. The molecule has 0 fully saturated rings. The first-order valence-electron chi connectivity index (χ1n) is 6.47. The third-order valence-corrected chi connectivity index (χ3v) is 3.65. The second kappa shape index (κ2) is 6.40. The quantitative estimate of drug-likeness (QED) is 0.840. The number of hydrogen-bond acceptors (Lipinski definition) is 2. The standard InChI is InChI=1S/C17H18O3.Zn/c1-11-9-13(16(19)20)15(18)14(10-11)17(2,3)12-7-5-4-6-8-12;/h4-10,18H,1-3H3,(H,19,20);. The molecule has 0 saturated heterocycles. The van der Waals surface area contributed by atoms with Crippen LogP contribution >= 0.6 is 0 Å². The van der Waals surface area contributed by atoms with E-state index < -0.39 is 11.4 Å². The van der Waals surface area contributed by atoms with Crippen LogP contribution in [0.4, 0.5) is 0 Å². The van der Waals surface area contributed by atoms with Gasteiger partial charge in [0.2, 0.25) is 0 Å². The molecular formula is C17H18O3Zn. The molecule has 106 valence electrons. The van der Waals surface area contributed by atoms with Crippen LogP contribution in [-0.4, -0.2) is 16.2 Å². The number of aryl methyl sites for hydroxylation is 1. The van der Waals surface area contributed by atoms with E-state index in [4.69, 9.17) is 0 Å². The van der Waals surface area contributed by atoms with Gasteiger partial charge in [-0.1, -0.05) is 50.2 Å². The molecule has 0 heterocycles. The molecule has 4 heteroatoms. The van der Waals surface area contributed by atoms with E-state index in [1.54, 1.807) is 0 Å². The molecule has 0 amide bonds. The summed E-state index contributed by atoms with van der Waals surface area (Å²) in [4.78, 5) is 11.2. The maximum absolute atomic E-state index is 11.2. The first-order valence-corrected chi connectivity index (χ1v) is 6.47. The number of phenols is 1. The van der Waals surface area contributed by atoms with Gasteiger partial charge in [-0.05, 0) is 24.1 Å². The Morgan fingerprint density at radius 3 is 2.19 bits per heavy atom. The van der Waals surface area contributed by atoms with E-state index in [1.807, 2.05) is 57.2 Å². The van der Waals surface area contributed by atoms with Gasteiger partial charge in [0.15, 0.2) is 0 Å². The number of aromatic hydroxyl groups is 1. The third kappa shape index (κ3) is 3.33. The Hall–Kier alpha value is -1.67. The van der Waals surface area contributed by atoms with Crippen LogP contribution in [0.2, 0.25) is 0 Å². The number of hydrogen-bond donors (Lipinski definition) is 2. The Morgan fingerprint density at radius 2 is 1.67 bits per heavy atom. The average Bonchev–Trinajstić information content (AvgIpc) is 2.41. The first-order chi connectivity index (χ1) is 9.34. The van der Waals surface area contributed by atoms with E-state index in [9.17, 15) is 15.0 Å². The average molecular weight is 336 g/mol. The van der Waals surface area contributed by atoms with E-state index in [1.165, 1.54) is 6.07 Å². The second-order valence-electron chi connectivity index (χ2n) is 5.50. The minimum absolute atomic E-state index is 0. The topological polar surface area (TPSA) is 57.5 Å². The van der Waals surface area contributed by atoms with Crippen molar-refractivity contribution < 1.29 is 34.5 Å². The molecule has 0 unspecified atom stereocenters. The van der Waals surface area contributed by atoms with Crippen molar-refractivity contribution >= 4 is 5.97 Å². The van der Waals surface area contributed by atoms with Gasteiger partial charge in [0.25, 0.3) is 0 Å². The van der Waals surface area contributed by atoms with Crippen molar-refractivity contribution in [2.75, 3.05) is 0 Å². The number of carbonyl (C=O) groups is 1. The van der Waals surface area contributed by atoms with Gasteiger partial charge in [0.05, 0.1) is 0 Å². The summed E-state index contributed by atoms with van der Waals surface area (Å²) in [6.45, 7) is 5.78. The molecule has 2 aromatic rings. The van der Waals surface area contributed by atoms with Gasteiger partial charge >= 0.3 is 5.97 Å². The Bertz CT molecular complexity index is 649. The Kier molecular flexibility index (Phi) is 5.30. The normalized spacial score (nSPS) is 10.8.